The lowest BCUT2D eigenvalue weighted by Gasteiger charge is -2.44. The number of carbonyl (C=O) groups excluding carboxylic acids is 2. The van der Waals surface area contributed by atoms with Crippen molar-refractivity contribution in [3.05, 3.63) is 23.7 Å². The van der Waals surface area contributed by atoms with Gasteiger partial charge in [-0.05, 0) is 26.0 Å². The Morgan fingerprint density at radius 1 is 1.42 bits per heavy atom. The maximum Gasteiger partial charge on any atom is 0.290 e. The first-order valence-electron chi connectivity index (χ1n) is 6.24. The quantitative estimate of drug-likeness (QED) is 0.841. The normalized spacial score (nSPS) is 18.8. The van der Waals surface area contributed by atoms with Crippen LogP contribution in [0.4, 0.5) is 0 Å². The Balaban J connectivity index is 2.25. The number of piperazine rings is 1. The minimum Gasteiger partial charge on any atom is -0.455 e. The van der Waals surface area contributed by atoms with Gasteiger partial charge in [-0.15, -0.1) is 0 Å². The summed E-state index contributed by atoms with van der Waals surface area (Å²) in [6.45, 7) is 4.76. The number of furan rings is 1. The van der Waals surface area contributed by atoms with Crippen LogP contribution in [0.3, 0.4) is 0 Å². The summed E-state index contributed by atoms with van der Waals surface area (Å²) < 4.78 is 5.36. The van der Waals surface area contributed by atoms with E-state index in [0.717, 1.165) is 0 Å². The van der Waals surface area contributed by atoms with Gasteiger partial charge in [-0.1, -0.05) is 0 Å². The third kappa shape index (κ3) is 2.23. The Morgan fingerprint density at radius 2 is 2.11 bits per heavy atom. The van der Waals surface area contributed by atoms with Crippen LogP contribution in [0.15, 0.2) is 16.5 Å². The van der Waals surface area contributed by atoms with E-state index in [1.807, 2.05) is 0 Å². The fraction of sp³-hybridized carbons (Fsp3) is 0.538. The van der Waals surface area contributed by atoms with Gasteiger partial charge in [0.15, 0.2) is 5.76 Å². The summed E-state index contributed by atoms with van der Waals surface area (Å²) in [6, 6.07) is 3.28. The van der Waals surface area contributed by atoms with E-state index in [-0.39, 0.29) is 24.1 Å². The second-order valence-electron chi connectivity index (χ2n) is 5.21. The van der Waals surface area contributed by atoms with Crippen LogP contribution < -0.4 is 5.73 Å². The van der Waals surface area contributed by atoms with Gasteiger partial charge in [0, 0.05) is 20.1 Å². The SMILES string of the molecule is CN1CCN(C(=O)c2ccc(CN)o2)C(C)(C)C1=O. The third-order valence-electron chi connectivity index (χ3n) is 3.52. The summed E-state index contributed by atoms with van der Waals surface area (Å²) in [6.07, 6.45) is 0. The van der Waals surface area contributed by atoms with Gasteiger partial charge >= 0.3 is 0 Å². The highest BCUT2D eigenvalue weighted by molar-refractivity contribution is 5.98. The molecule has 104 valence electrons. The Labute approximate surface area is 112 Å². The zero-order valence-corrected chi connectivity index (χ0v) is 11.5. The van der Waals surface area contributed by atoms with Crippen LogP contribution in [0.25, 0.3) is 0 Å². The topological polar surface area (TPSA) is 79.8 Å². The molecule has 2 rings (SSSR count). The predicted octanol–water partition coefficient (Wildman–Crippen LogP) is 0.431. The molecule has 6 heteroatoms. The number of carbonyl (C=O) groups is 2. The molecule has 19 heavy (non-hydrogen) atoms. The molecule has 0 radical (unpaired) electrons. The molecule has 1 saturated heterocycles. The molecule has 1 aliphatic rings. The van der Waals surface area contributed by atoms with Crippen molar-refractivity contribution in [2.24, 2.45) is 5.73 Å². The second-order valence-corrected chi connectivity index (χ2v) is 5.21. The van der Waals surface area contributed by atoms with Crippen molar-refractivity contribution in [2.45, 2.75) is 25.9 Å². The van der Waals surface area contributed by atoms with Crippen molar-refractivity contribution in [1.82, 2.24) is 9.80 Å². The molecule has 2 N–H and O–H groups in total. The minimum absolute atomic E-state index is 0.0716. The van der Waals surface area contributed by atoms with Gasteiger partial charge in [0.1, 0.15) is 11.3 Å². The van der Waals surface area contributed by atoms with Crippen molar-refractivity contribution in [3.8, 4) is 0 Å². The van der Waals surface area contributed by atoms with E-state index in [4.69, 9.17) is 10.2 Å². The molecule has 0 bridgehead atoms. The van der Waals surface area contributed by atoms with Crippen molar-refractivity contribution >= 4 is 11.8 Å². The zero-order valence-electron chi connectivity index (χ0n) is 11.5. The molecule has 2 heterocycles. The van der Waals surface area contributed by atoms with E-state index in [9.17, 15) is 9.59 Å². The van der Waals surface area contributed by atoms with E-state index in [1.165, 1.54) is 0 Å². The van der Waals surface area contributed by atoms with Gasteiger partial charge in [0.25, 0.3) is 5.91 Å². The van der Waals surface area contributed by atoms with Crippen LogP contribution >= 0.6 is 0 Å². The largest absolute Gasteiger partial charge is 0.455 e. The Hall–Kier alpha value is -1.82. The van der Waals surface area contributed by atoms with Crippen LogP contribution in [0.5, 0.6) is 0 Å². The van der Waals surface area contributed by atoms with E-state index < -0.39 is 5.54 Å². The summed E-state index contributed by atoms with van der Waals surface area (Å²) >= 11 is 0. The van der Waals surface area contributed by atoms with Gasteiger partial charge in [0.2, 0.25) is 5.91 Å². The number of hydrogen-bond acceptors (Lipinski definition) is 4. The van der Waals surface area contributed by atoms with Gasteiger partial charge in [0.05, 0.1) is 6.54 Å². The van der Waals surface area contributed by atoms with Crippen LogP contribution in [0, 0.1) is 0 Å². The number of likely N-dealkylation sites (N-methyl/N-ethyl adjacent to an activating group) is 1. The molecule has 1 fully saturated rings. The summed E-state index contributed by atoms with van der Waals surface area (Å²) in [5.41, 5.74) is 4.59. The molecule has 0 atom stereocenters. The lowest BCUT2D eigenvalue weighted by molar-refractivity contribution is -0.144. The van der Waals surface area contributed by atoms with Crippen molar-refractivity contribution in [2.75, 3.05) is 20.1 Å². The summed E-state index contributed by atoms with van der Waals surface area (Å²) in [5.74, 6) is 0.441. The Morgan fingerprint density at radius 3 is 2.68 bits per heavy atom. The van der Waals surface area contributed by atoms with Crippen LogP contribution in [0.2, 0.25) is 0 Å². The fourth-order valence-corrected chi connectivity index (χ4v) is 2.30. The molecule has 1 aliphatic heterocycles. The standard InChI is InChI=1S/C13H19N3O3/c1-13(2)12(18)15(3)6-7-16(13)11(17)10-5-4-9(8-14)19-10/h4-5H,6-8,14H2,1-3H3. The average Bonchev–Trinajstić information content (AvgIpc) is 2.84. The van der Waals surface area contributed by atoms with Crippen LogP contribution in [-0.2, 0) is 11.3 Å². The molecule has 0 spiro atoms. The van der Waals surface area contributed by atoms with Gasteiger partial charge in [-0.3, -0.25) is 9.59 Å². The Kier molecular flexibility index (Phi) is 3.36. The Bertz CT molecular complexity index is 507. The first-order valence-corrected chi connectivity index (χ1v) is 6.24. The molecule has 0 aromatic carbocycles. The highest BCUT2D eigenvalue weighted by atomic mass is 16.4. The monoisotopic (exact) mass is 265 g/mol. The minimum atomic E-state index is -0.861. The van der Waals surface area contributed by atoms with E-state index >= 15 is 0 Å². The molecule has 6 nitrogen and oxygen atoms in total. The number of nitrogens with zero attached hydrogens (tertiary/aromatic N) is 2. The molecular weight excluding hydrogens is 246 g/mol. The van der Waals surface area contributed by atoms with Crippen LogP contribution in [0.1, 0.15) is 30.2 Å². The maximum atomic E-state index is 12.4. The summed E-state index contributed by atoms with van der Waals surface area (Å²) in [7, 11) is 1.74. The third-order valence-corrected chi connectivity index (χ3v) is 3.52. The van der Waals surface area contributed by atoms with Gasteiger partial charge < -0.3 is 20.0 Å². The maximum absolute atomic E-state index is 12.4. The summed E-state index contributed by atoms with van der Waals surface area (Å²) in [4.78, 5) is 27.7. The number of nitrogens with two attached hydrogens (primary N) is 1. The molecule has 1 aromatic heterocycles. The number of rotatable bonds is 2. The first-order chi connectivity index (χ1) is 8.87. The molecule has 2 amide bonds. The smallest absolute Gasteiger partial charge is 0.290 e. The van der Waals surface area contributed by atoms with E-state index in [0.29, 0.717) is 18.8 Å². The molecule has 1 aromatic rings. The fourth-order valence-electron chi connectivity index (χ4n) is 2.30. The van der Waals surface area contributed by atoms with E-state index in [2.05, 4.69) is 0 Å². The zero-order chi connectivity index (χ0) is 14.2. The lowest BCUT2D eigenvalue weighted by Crippen LogP contribution is -2.63. The van der Waals surface area contributed by atoms with Crippen molar-refractivity contribution in [1.29, 1.82) is 0 Å². The number of amides is 2. The molecule has 0 aliphatic carbocycles. The molecule has 0 unspecified atom stereocenters. The second kappa shape index (κ2) is 4.70. The average molecular weight is 265 g/mol. The summed E-state index contributed by atoms with van der Waals surface area (Å²) in [5, 5.41) is 0. The number of hydrogen-bond donors (Lipinski definition) is 1. The molecular formula is C13H19N3O3. The highest BCUT2D eigenvalue weighted by Gasteiger charge is 2.43. The first kappa shape index (κ1) is 13.6. The van der Waals surface area contributed by atoms with Crippen molar-refractivity contribution in [3.63, 3.8) is 0 Å². The van der Waals surface area contributed by atoms with Gasteiger partial charge in [-0.2, -0.15) is 0 Å². The lowest BCUT2D eigenvalue weighted by atomic mass is 9.97. The van der Waals surface area contributed by atoms with E-state index in [1.54, 1.807) is 42.8 Å². The van der Waals surface area contributed by atoms with Crippen LogP contribution in [-0.4, -0.2) is 47.3 Å². The molecule has 0 saturated carbocycles. The highest BCUT2D eigenvalue weighted by Crippen LogP contribution is 2.24. The predicted molar refractivity (Wildman–Crippen MR) is 69.4 cm³/mol. The van der Waals surface area contributed by atoms with Crippen molar-refractivity contribution < 1.29 is 14.0 Å². The van der Waals surface area contributed by atoms with Gasteiger partial charge in [-0.25, -0.2) is 0 Å².